The Morgan fingerprint density at radius 3 is 2.84 bits per heavy atom. The number of nitrogens with two attached hydrogens (primary N) is 1. The fourth-order valence-electron chi connectivity index (χ4n) is 1.87. The van der Waals surface area contributed by atoms with Crippen LogP contribution in [0.2, 0.25) is 0 Å². The van der Waals surface area contributed by atoms with Crippen molar-refractivity contribution in [1.29, 1.82) is 0 Å². The second-order valence-electron chi connectivity index (χ2n) is 4.22. The summed E-state index contributed by atoms with van der Waals surface area (Å²) in [5, 5.41) is 10.3. The van der Waals surface area contributed by atoms with Gasteiger partial charge in [-0.1, -0.05) is 11.5 Å². The number of benzene rings is 1. The number of hydrogen-bond acceptors (Lipinski definition) is 5. The van der Waals surface area contributed by atoms with Gasteiger partial charge in [0.25, 0.3) is 0 Å². The van der Waals surface area contributed by atoms with Crippen molar-refractivity contribution in [3.8, 4) is 5.75 Å². The van der Waals surface area contributed by atoms with E-state index in [1.54, 1.807) is 13.0 Å². The molecule has 0 saturated heterocycles. The summed E-state index contributed by atoms with van der Waals surface area (Å²) in [5.74, 6) is 0.406. The molecule has 0 spiro atoms. The Hall–Kier alpha value is -1.79. The molecule has 0 fully saturated rings. The summed E-state index contributed by atoms with van der Waals surface area (Å²) in [4.78, 5) is 11.4. The third-order valence-electron chi connectivity index (χ3n) is 2.73. The Kier molecular flexibility index (Phi) is 3.92. The fraction of sp³-hybridized carbons (Fsp3) is 0.308. The van der Waals surface area contributed by atoms with Gasteiger partial charge in [0.2, 0.25) is 0 Å². The van der Waals surface area contributed by atoms with Gasteiger partial charge in [-0.2, -0.15) is 0 Å². The number of hydrogen-bond donors (Lipinski definition) is 2. The molecular formula is C13H14BNO4. The summed E-state index contributed by atoms with van der Waals surface area (Å²) in [6, 6.07) is 4.41. The van der Waals surface area contributed by atoms with Gasteiger partial charge in [-0.05, 0) is 12.5 Å². The van der Waals surface area contributed by atoms with Crippen molar-refractivity contribution in [3.05, 3.63) is 34.2 Å². The van der Waals surface area contributed by atoms with E-state index in [0.29, 0.717) is 40.9 Å². The fourth-order valence-corrected chi connectivity index (χ4v) is 1.87. The maximum Gasteiger partial charge on any atom is 0.336 e. The van der Waals surface area contributed by atoms with Gasteiger partial charge in [-0.3, -0.25) is 0 Å². The van der Waals surface area contributed by atoms with Crippen molar-refractivity contribution in [2.75, 3.05) is 13.2 Å². The summed E-state index contributed by atoms with van der Waals surface area (Å²) >= 11 is 0. The van der Waals surface area contributed by atoms with Crippen LogP contribution in [0, 0.1) is 0 Å². The second-order valence-corrected chi connectivity index (χ2v) is 4.22. The monoisotopic (exact) mass is 259 g/mol. The normalized spacial score (nSPS) is 12.6. The first-order valence-corrected chi connectivity index (χ1v) is 5.91. The van der Waals surface area contributed by atoms with E-state index < -0.39 is 11.7 Å². The lowest BCUT2D eigenvalue weighted by molar-refractivity contribution is 0.200. The molecule has 1 unspecified atom stereocenters. The smallest absolute Gasteiger partial charge is 0.336 e. The molecular weight excluding hydrogens is 245 g/mol. The van der Waals surface area contributed by atoms with Crippen LogP contribution in [0.4, 0.5) is 0 Å². The predicted octanol–water partition coefficient (Wildman–Crippen LogP) is -0.0224. The molecule has 0 aliphatic rings. The van der Waals surface area contributed by atoms with E-state index in [-0.39, 0.29) is 0 Å². The van der Waals surface area contributed by atoms with Crippen LogP contribution in [0.3, 0.4) is 0 Å². The molecule has 19 heavy (non-hydrogen) atoms. The molecule has 1 aromatic carbocycles. The average molecular weight is 259 g/mol. The van der Waals surface area contributed by atoms with Crippen LogP contribution in [-0.4, -0.2) is 26.1 Å². The van der Waals surface area contributed by atoms with Gasteiger partial charge in [0.15, 0.2) is 0 Å². The van der Waals surface area contributed by atoms with E-state index in [4.69, 9.17) is 22.7 Å². The SMILES string of the molecule is [B]c1cc2c(C(C)O)cc(=O)oc2cc1OCCN. The Morgan fingerprint density at radius 1 is 1.47 bits per heavy atom. The van der Waals surface area contributed by atoms with Crippen LogP contribution < -0.4 is 21.6 Å². The van der Waals surface area contributed by atoms with E-state index >= 15 is 0 Å². The van der Waals surface area contributed by atoms with Crippen LogP contribution in [0.5, 0.6) is 5.75 Å². The number of aliphatic hydroxyl groups excluding tert-OH is 1. The highest BCUT2D eigenvalue weighted by Crippen LogP contribution is 2.24. The molecule has 1 aromatic heterocycles. The van der Waals surface area contributed by atoms with Crippen molar-refractivity contribution in [2.45, 2.75) is 13.0 Å². The zero-order valence-electron chi connectivity index (χ0n) is 10.6. The number of fused-ring (bicyclic) bond motifs is 1. The summed E-state index contributed by atoms with van der Waals surface area (Å²) < 4.78 is 10.5. The van der Waals surface area contributed by atoms with Crippen molar-refractivity contribution < 1.29 is 14.3 Å². The summed E-state index contributed by atoms with van der Waals surface area (Å²) in [5.41, 5.74) is 6.02. The molecule has 0 bridgehead atoms. The standard InChI is InChI=1S/C13H14BNO4/c1-7(16)8-5-13(17)19-11-6-12(18-3-2-15)10(14)4-9(8)11/h4-7,16H,2-3,15H2,1H3. The summed E-state index contributed by atoms with van der Waals surface area (Å²) in [6.07, 6.45) is -0.790. The first kappa shape index (κ1) is 13.6. The zero-order chi connectivity index (χ0) is 14.0. The number of aliphatic hydroxyl groups is 1. The minimum absolute atomic E-state index is 0.316. The lowest BCUT2D eigenvalue weighted by atomic mass is 9.91. The van der Waals surface area contributed by atoms with Crippen LogP contribution in [0.1, 0.15) is 18.6 Å². The molecule has 2 radical (unpaired) electrons. The van der Waals surface area contributed by atoms with Crippen molar-refractivity contribution in [2.24, 2.45) is 5.73 Å². The maximum absolute atomic E-state index is 11.4. The molecule has 2 rings (SSSR count). The van der Waals surface area contributed by atoms with Crippen LogP contribution in [0.15, 0.2) is 27.4 Å². The van der Waals surface area contributed by atoms with E-state index in [9.17, 15) is 9.90 Å². The number of ether oxygens (including phenoxy) is 1. The zero-order valence-corrected chi connectivity index (χ0v) is 10.6. The van der Waals surface area contributed by atoms with Gasteiger partial charge in [0.1, 0.15) is 25.8 Å². The van der Waals surface area contributed by atoms with E-state index in [2.05, 4.69) is 0 Å². The third-order valence-corrected chi connectivity index (χ3v) is 2.73. The average Bonchev–Trinajstić information content (AvgIpc) is 2.36. The van der Waals surface area contributed by atoms with Gasteiger partial charge in [-0.15, -0.1) is 0 Å². The molecule has 1 heterocycles. The van der Waals surface area contributed by atoms with E-state index in [1.807, 2.05) is 0 Å². The highest BCUT2D eigenvalue weighted by atomic mass is 16.5. The van der Waals surface area contributed by atoms with Gasteiger partial charge in [-0.25, -0.2) is 4.79 Å². The van der Waals surface area contributed by atoms with Crippen molar-refractivity contribution >= 4 is 24.3 Å². The first-order valence-electron chi connectivity index (χ1n) is 5.91. The van der Waals surface area contributed by atoms with E-state index in [1.165, 1.54) is 12.1 Å². The Bertz CT molecular complexity index is 651. The highest BCUT2D eigenvalue weighted by molar-refractivity contribution is 6.35. The minimum Gasteiger partial charge on any atom is -0.493 e. The van der Waals surface area contributed by atoms with Crippen LogP contribution in [0.25, 0.3) is 11.0 Å². The van der Waals surface area contributed by atoms with Crippen molar-refractivity contribution in [3.63, 3.8) is 0 Å². The lowest BCUT2D eigenvalue weighted by Gasteiger charge is -2.12. The van der Waals surface area contributed by atoms with Crippen molar-refractivity contribution in [1.82, 2.24) is 0 Å². The quantitative estimate of drug-likeness (QED) is 0.595. The Labute approximate surface area is 111 Å². The summed E-state index contributed by atoms with van der Waals surface area (Å²) in [7, 11) is 5.87. The van der Waals surface area contributed by atoms with Crippen LogP contribution in [-0.2, 0) is 0 Å². The van der Waals surface area contributed by atoms with E-state index in [0.717, 1.165) is 0 Å². The highest BCUT2D eigenvalue weighted by Gasteiger charge is 2.12. The molecule has 0 aliphatic carbocycles. The Morgan fingerprint density at radius 2 is 2.21 bits per heavy atom. The van der Waals surface area contributed by atoms with Crippen LogP contribution >= 0.6 is 0 Å². The first-order chi connectivity index (χ1) is 9.02. The Balaban J connectivity index is 2.63. The third kappa shape index (κ3) is 2.80. The molecule has 1 atom stereocenters. The lowest BCUT2D eigenvalue weighted by Crippen LogP contribution is -2.16. The molecule has 0 amide bonds. The number of rotatable bonds is 4. The molecule has 2 aromatic rings. The maximum atomic E-state index is 11.4. The molecule has 0 saturated carbocycles. The molecule has 6 heteroatoms. The van der Waals surface area contributed by atoms with Gasteiger partial charge >= 0.3 is 5.63 Å². The van der Waals surface area contributed by atoms with Gasteiger partial charge in [0.05, 0.1) is 6.10 Å². The molecule has 5 nitrogen and oxygen atoms in total. The molecule has 98 valence electrons. The summed E-state index contributed by atoms with van der Waals surface area (Å²) in [6.45, 7) is 2.24. The second kappa shape index (κ2) is 5.46. The molecule has 0 aliphatic heterocycles. The van der Waals surface area contributed by atoms with Gasteiger partial charge < -0.3 is 20.0 Å². The minimum atomic E-state index is -0.790. The largest absolute Gasteiger partial charge is 0.493 e. The van der Waals surface area contributed by atoms with Gasteiger partial charge in [0, 0.05) is 24.1 Å². The molecule has 3 N–H and O–H groups in total. The topological polar surface area (TPSA) is 85.7 Å². The predicted molar refractivity (Wildman–Crippen MR) is 73.1 cm³/mol.